The highest BCUT2D eigenvalue weighted by Crippen LogP contribution is 2.32. The Bertz CT molecular complexity index is 1110. The average Bonchev–Trinajstić information content (AvgIpc) is 3.44. The van der Waals surface area contributed by atoms with Gasteiger partial charge in [-0.25, -0.2) is 8.42 Å². The number of hydrogen-bond donors (Lipinski definition) is 1. The summed E-state index contributed by atoms with van der Waals surface area (Å²) < 4.78 is 43.1. The van der Waals surface area contributed by atoms with E-state index in [-0.39, 0.29) is 31.3 Å². The summed E-state index contributed by atoms with van der Waals surface area (Å²) in [5.74, 6) is 1.29. The number of carbonyl (C=O) groups is 1. The minimum atomic E-state index is -3.89. The van der Waals surface area contributed by atoms with Crippen LogP contribution in [0.15, 0.2) is 76.2 Å². The lowest BCUT2D eigenvalue weighted by Gasteiger charge is -2.21. The number of sulfonamides is 1. The van der Waals surface area contributed by atoms with Crippen molar-refractivity contribution in [2.24, 2.45) is 0 Å². The van der Waals surface area contributed by atoms with Gasteiger partial charge in [0.25, 0.3) is 0 Å². The molecule has 156 valence electrons. The predicted molar refractivity (Wildman–Crippen MR) is 107 cm³/mol. The van der Waals surface area contributed by atoms with E-state index in [4.69, 9.17) is 13.9 Å². The summed E-state index contributed by atoms with van der Waals surface area (Å²) in [6.45, 7) is 0.00380. The number of ether oxygens (including phenoxy) is 2. The van der Waals surface area contributed by atoms with Gasteiger partial charge in [0, 0.05) is 6.54 Å². The first-order valence-electron chi connectivity index (χ1n) is 9.25. The van der Waals surface area contributed by atoms with Gasteiger partial charge in [0.1, 0.15) is 5.76 Å². The monoisotopic (exact) mass is 428 g/mol. The molecule has 2 aromatic carbocycles. The first-order chi connectivity index (χ1) is 14.5. The molecule has 30 heavy (non-hydrogen) atoms. The topological polar surface area (TPSA) is 98.1 Å². The predicted octanol–water partition coefficient (Wildman–Crippen LogP) is 2.52. The van der Waals surface area contributed by atoms with Gasteiger partial charge in [0.05, 0.1) is 24.2 Å². The summed E-state index contributed by atoms with van der Waals surface area (Å²) in [5, 5.41) is 2.75. The molecule has 0 spiro atoms. The number of nitrogens with one attached hydrogen (secondary N) is 1. The molecule has 1 aliphatic rings. The molecular formula is C21H20N2O6S. The van der Waals surface area contributed by atoms with Crippen molar-refractivity contribution in [3.05, 3.63) is 78.3 Å². The molecule has 0 radical (unpaired) electrons. The molecule has 9 heteroatoms. The lowest BCUT2D eigenvalue weighted by Crippen LogP contribution is -2.40. The Hall–Kier alpha value is -3.30. The SMILES string of the molecule is O=C(CN(Cc1ccco1)S(=O)(=O)c1ccccc1)NCc1ccc2c(c1)OCO2. The van der Waals surface area contributed by atoms with Crippen molar-refractivity contribution in [3.63, 3.8) is 0 Å². The zero-order chi connectivity index (χ0) is 21.0. The Morgan fingerprint density at radius 1 is 1.00 bits per heavy atom. The van der Waals surface area contributed by atoms with Crippen LogP contribution in [0, 0.1) is 0 Å². The molecular weight excluding hydrogens is 408 g/mol. The van der Waals surface area contributed by atoms with Crippen LogP contribution >= 0.6 is 0 Å². The van der Waals surface area contributed by atoms with Crippen molar-refractivity contribution < 1.29 is 27.1 Å². The zero-order valence-electron chi connectivity index (χ0n) is 16.0. The van der Waals surface area contributed by atoms with Crippen LogP contribution in [0.3, 0.4) is 0 Å². The van der Waals surface area contributed by atoms with Gasteiger partial charge in [0.15, 0.2) is 11.5 Å². The molecule has 4 rings (SSSR count). The van der Waals surface area contributed by atoms with Gasteiger partial charge in [-0.2, -0.15) is 4.31 Å². The number of fused-ring (bicyclic) bond motifs is 1. The van der Waals surface area contributed by atoms with Crippen molar-refractivity contribution in [2.45, 2.75) is 18.0 Å². The van der Waals surface area contributed by atoms with Crippen molar-refractivity contribution in [3.8, 4) is 11.5 Å². The summed E-state index contributed by atoms with van der Waals surface area (Å²) in [5.41, 5.74) is 0.816. The molecule has 8 nitrogen and oxygen atoms in total. The summed E-state index contributed by atoms with van der Waals surface area (Å²) in [7, 11) is -3.89. The maximum atomic E-state index is 13.1. The van der Waals surface area contributed by atoms with Crippen molar-refractivity contribution in [2.75, 3.05) is 13.3 Å². The molecule has 3 aromatic rings. The maximum Gasteiger partial charge on any atom is 0.243 e. The van der Waals surface area contributed by atoms with E-state index in [0.29, 0.717) is 17.3 Å². The first-order valence-corrected chi connectivity index (χ1v) is 10.7. The Morgan fingerprint density at radius 2 is 1.80 bits per heavy atom. The third-order valence-electron chi connectivity index (χ3n) is 4.54. The number of carbonyl (C=O) groups excluding carboxylic acids is 1. The molecule has 1 N–H and O–H groups in total. The summed E-state index contributed by atoms with van der Waals surface area (Å²) in [4.78, 5) is 12.7. The molecule has 0 saturated heterocycles. The van der Waals surface area contributed by atoms with Crippen LogP contribution in [-0.4, -0.2) is 32.0 Å². The van der Waals surface area contributed by atoms with Crippen molar-refractivity contribution in [1.82, 2.24) is 9.62 Å². The average molecular weight is 428 g/mol. The summed E-state index contributed by atoms with van der Waals surface area (Å²) in [6.07, 6.45) is 1.46. The Balaban J connectivity index is 1.46. The number of hydrogen-bond acceptors (Lipinski definition) is 6. The van der Waals surface area contributed by atoms with Gasteiger partial charge in [0.2, 0.25) is 22.7 Å². The van der Waals surface area contributed by atoms with E-state index in [2.05, 4.69) is 5.32 Å². The molecule has 1 aliphatic heterocycles. The molecule has 0 saturated carbocycles. The Labute approximate surface area is 174 Å². The molecule has 1 amide bonds. The Morgan fingerprint density at radius 3 is 2.57 bits per heavy atom. The van der Waals surface area contributed by atoms with Crippen LogP contribution in [0.5, 0.6) is 11.5 Å². The number of amides is 1. The van der Waals surface area contributed by atoms with E-state index in [9.17, 15) is 13.2 Å². The normalized spacial score (nSPS) is 12.8. The standard InChI is InChI=1S/C21H20N2O6S/c24-21(22-12-16-8-9-19-20(11-16)29-15-28-19)14-23(13-17-5-4-10-27-17)30(25,26)18-6-2-1-3-7-18/h1-11H,12-15H2,(H,22,24). The molecule has 0 bridgehead atoms. The lowest BCUT2D eigenvalue weighted by atomic mass is 10.2. The molecule has 1 aromatic heterocycles. The van der Waals surface area contributed by atoms with Gasteiger partial charge >= 0.3 is 0 Å². The van der Waals surface area contributed by atoms with Gasteiger partial charge in [-0.1, -0.05) is 24.3 Å². The second-order valence-corrected chi connectivity index (χ2v) is 8.57. The number of rotatable bonds is 8. The second kappa shape index (κ2) is 8.60. The zero-order valence-corrected chi connectivity index (χ0v) is 16.8. The number of nitrogens with zero attached hydrogens (tertiary/aromatic N) is 1. The third-order valence-corrected chi connectivity index (χ3v) is 6.35. The van der Waals surface area contributed by atoms with Crippen molar-refractivity contribution >= 4 is 15.9 Å². The van der Waals surface area contributed by atoms with E-state index >= 15 is 0 Å². The van der Waals surface area contributed by atoms with E-state index < -0.39 is 15.9 Å². The van der Waals surface area contributed by atoms with E-state index in [1.165, 1.54) is 18.4 Å². The van der Waals surface area contributed by atoms with E-state index in [0.717, 1.165) is 9.87 Å². The van der Waals surface area contributed by atoms with E-state index in [1.54, 1.807) is 42.5 Å². The number of benzene rings is 2. The van der Waals surface area contributed by atoms with Crippen LogP contribution in [-0.2, 0) is 27.9 Å². The highest BCUT2D eigenvalue weighted by Gasteiger charge is 2.27. The largest absolute Gasteiger partial charge is 0.468 e. The van der Waals surface area contributed by atoms with Gasteiger partial charge in [-0.05, 0) is 42.0 Å². The Kier molecular flexibility index (Phi) is 5.73. The van der Waals surface area contributed by atoms with Crippen LogP contribution < -0.4 is 14.8 Å². The lowest BCUT2D eigenvalue weighted by molar-refractivity contribution is -0.121. The molecule has 0 atom stereocenters. The van der Waals surface area contributed by atoms with Crippen LogP contribution in [0.25, 0.3) is 0 Å². The van der Waals surface area contributed by atoms with Crippen LogP contribution in [0.4, 0.5) is 0 Å². The molecule has 2 heterocycles. The summed E-state index contributed by atoms with van der Waals surface area (Å²) in [6, 6.07) is 16.7. The summed E-state index contributed by atoms with van der Waals surface area (Å²) >= 11 is 0. The van der Waals surface area contributed by atoms with Crippen molar-refractivity contribution in [1.29, 1.82) is 0 Å². The highest BCUT2D eigenvalue weighted by molar-refractivity contribution is 7.89. The minimum absolute atomic E-state index is 0.0539. The highest BCUT2D eigenvalue weighted by atomic mass is 32.2. The number of furan rings is 1. The fourth-order valence-corrected chi connectivity index (χ4v) is 4.40. The molecule has 0 unspecified atom stereocenters. The molecule has 0 fully saturated rings. The quantitative estimate of drug-likeness (QED) is 0.592. The first kappa shape index (κ1) is 20.0. The maximum absolute atomic E-state index is 13.1. The minimum Gasteiger partial charge on any atom is -0.468 e. The fourth-order valence-electron chi connectivity index (χ4n) is 3.01. The van der Waals surface area contributed by atoms with Gasteiger partial charge in [-0.3, -0.25) is 4.79 Å². The van der Waals surface area contributed by atoms with E-state index in [1.807, 2.05) is 6.07 Å². The molecule has 0 aliphatic carbocycles. The van der Waals surface area contributed by atoms with Crippen LogP contribution in [0.1, 0.15) is 11.3 Å². The third kappa shape index (κ3) is 4.47. The fraction of sp³-hybridized carbons (Fsp3) is 0.190. The van der Waals surface area contributed by atoms with Gasteiger partial charge < -0.3 is 19.2 Å². The van der Waals surface area contributed by atoms with Crippen LogP contribution in [0.2, 0.25) is 0 Å². The van der Waals surface area contributed by atoms with Gasteiger partial charge in [-0.15, -0.1) is 0 Å². The second-order valence-electron chi connectivity index (χ2n) is 6.63. The smallest absolute Gasteiger partial charge is 0.243 e.